The molecule has 104 valence electrons. The molecule has 1 rings (SSSR count). The van der Waals surface area contributed by atoms with Gasteiger partial charge in [0.25, 0.3) is 0 Å². The Kier molecular flexibility index (Phi) is 4.79. The van der Waals surface area contributed by atoms with Crippen molar-refractivity contribution in [2.24, 2.45) is 0 Å². The van der Waals surface area contributed by atoms with Gasteiger partial charge in [0.05, 0.1) is 12.7 Å². The first kappa shape index (κ1) is 15.0. The van der Waals surface area contributed by atoms with Gasteiger partial charge in [0.15, 0.2) is 0 Å². The summed E-state index contributed by atoms with van der Waals surface area (Å²) in [7, 11) is 0. The third-order valence-corrected chi connectivity index (χ3v) is 3.02. The minimum atomic E-state index is -0.443. The highest BCUT2D eigenvalue weighted by molar-refractivity contribution is 5.69. The third kappa shape index (κ3) is 4.02. The van der Waals surface area contributed by atoms with Gasteiger partial charge in [-0.2, -0.15) is 0 Å². The van der Waals surface area contributed by atoms with E-state index in [9.17, 15) is 4.79 Å². The van der Waals surface area contributed by atoms with Gasteiger partial charge in [0.2, 0.25) is 0 Å². The Labute approximate surface area is 111 Å². The number of hydrogen-bond acceptors (Lipinski definition) is 3. The molecule has 1 aliphatic rings. The highest BCUT2D eigenvalue weighted by Gasteiger charge is 2.36. The number of ether oxygens (including phenoxy) is 1. The molecule has 4 heteroatoms. The van der Waals surface area contributed by atoms with E-state index >= 15 is 0 Å². The number of carbonyl (C=O) groups is 1. The van der Waals surface area contributed by atoms with E-state index in [0.29, 0.717) is 12.7 Å². The summed E-state index contributed by atoms with van der Waals surface area (Å²) in [6, 6.07) is 0.615. The smallest absolute Gasteiger partial charge is 0.411 e. The van der Waals surface area contributed by atoms with Crippen LogP contribution in [0.5, 0.6) is 0 Å². The molecule has 0 N–H and O–H groups in total. The van der Waals surface area contributed by atoms with Crippen LogP contribution in [0.15, 0.2) is 12.7 Å². The van der Waals surface area contributed by atoms with E-state index in [1.54, 1.807) is 0 Å². The van der Waals surface area contributed by atoms with Crippen molar-refractivity contribution >= 4 is 6.09 Å². The zero-order chi connectivity index (χ0) is 13.9. The maximum atomic E-state index is 12.2. The summed E-state index contributed by atoms with van der Waals surface area (Å²) in [6.45, 7) is 15.3. The van der Waals surface area contributed by atoms with Crippen LogP contribution in [0.25, 0.3) is 0 Å². The van der Waals surface area contributed by atoms with Gasteiger partial charge in [0, 0.05) is 12.6 Å². The fourth-order valence-electron chi connectivity index (χ4n) is 2.03. The van der Waals surface area contributed by atoms with E-state index in [1.807, 2.05) is 31.7 Å². The van der Waals surface area contributed by atoms with Crippen LogP contribution < -0.4 is 0 Å². The van der Waals surface area contributed by atoms with Crippen molar-refractivity contribution in [3.8, 4) is 0 Å². The molecular formula is C14H26N2O2. The van der Waals surface area contributed by atoms with Crippen LogP contribution in [-0.2, 0) is 4.74 Å². The van der Waals surface area contributed by atoms with Crippen LogP contribution in [0.2, 0.25) is 0 Å². The van der Waals surface area contributed by atoms with E-state index < -0.39 is 5.60 Å². The second kappa shape index (κ2) is 5.74. The number of hydrogen-bond donors (Lipinski definition) is 0. The molecule has 1 saturated heterocycles. The fourth-order valence-corrected chi connectivity index (χ4v) is 2.03. The van der Waals surface area contributed by atoms with Crippen molar-refractivity contribution in [3.05, 3.63) is 12.7 Å². The average molecular weight is 254 g/mol. The predicted molar refractivity (Wildman–Crippen MR) is 73.4 cm³/mol. The second-order valence-electron chi connectivity index (χ2n) is 6.13. The molecule has 0 spiro atoms. The van der Waals surface area contributed by atoms with Gasteiger partial charge in [-0.25, -0.2) is 4.79 Å². The Bertz CT molecular complexity index is 307. The quantitative estimate of drug-likeness (QED) is 0.726. The first-order valence-corrected chi connectivity index (χ1v) is 6.59. The monoisotopic (exact) mass is 254 g/mol. The first-order valence-electron chi connectivity index (χ1n) is 6.59. The average Bonchev–Trinajstić information content (AvgIpc) is 2.59. The van der Waals surface area contributed by atoms with Gasteiger partial charge in [0.1, 0.15) is 5.60 Å². The predicted octanol–water partition coefficient (Wildman–Crippen LogP) is 2.85. The Morgan fingerprint density at radius 2 is 2.11 bits per heavy atom. The molecule has 0 aromatic rings. The zero-order valence-electron chi connectivity index (χ0n) is 12.3. The molecule has 0 bridgehead atoms. The standard InChI is InChI=1S/C14H26N2O2/c1-7-8-12-9-15(11(2)3)10-16(12)13(17)18-14(4,5)6/h7,11-12H,1,8-10H2,2-6H3/t12-/m0/s1. The van der Waals surface area contributed by atoms with Crippen LogP contribution in [0.1, 0.15) is 41.0 Å². The van der Waals surface area contributed by atoms with Crippen molar-refractivity contribution in [1.29, 1.82) is 0 Å². The Morgan fingerprint density at radius 3 is 2.56 bits per heavy atom. The molecule has 18 heavy (non-hydrogen) atoms. The topological polar surface area (TPSA) is 32.8 Å². The summed E-state index contributed by atoms with van der Waals surface area (Å²) in [5.41, 5.74) is -0.443. The van der Waals surface area contributed by atoms with Crippen molar-refractivity contribution in [2.75, 3.05) is 13.2 Å². The summed E-state index contributed by atoms with van der Waals surface area (Å²) < 4.78 is 5.45. The van der Waals surface area contributed by atoms with Gasteiger partial charge in [-0.3, -0.25) is 9.80 Å². The van der Waals surface area contributed by atoms with Crippen LogP contribution in [0.3, 0.4) is 0 Å². The molecule has 0 aliphatic carbocycles. The summed E-state index contributed by atoms with van der Waals surface area (Å²) in [6.07, 6.45) is 2.45. The minimum absolute atomic E-state index is 0.180. The summed E-state index contributed by atoms with van der Waals surface area (Å²) in [5.74, 6) is 0. The van der Waals surface area contributed by atoms with E-state index in [4.69, 9.17) is 4.74 Å². The van der Waals surface area contributed by atoms with Gasteiger partial charge >= 0.3 is 6.09 Å². The van der Waals surface area contributed by atoms with Gasteiger partial charge in [-0.1, -0.05) is 6.08 Å². The second-order valence-corrected chi connectivity index (χ2v) is 6.13. The van der Waals surface area contributed by atoms with E-state index in [1.165, 1.54) is 0 Å². The summed E-state index contributed by atoms with van der Waals surface area (Å²) in [5, 5.41) is 0. The maximum absolute atomic E-state index is 12.2. The first-order chi connectivity index (χ1) is 8.24. The lowest BCUT2D eigenvalue weighted by Crippen LogP contribution is -2.40. The summed E-state index contributed by atoms with van der Waals surface area (Å²) in [4.78, 5) is 16.2. The van der Waals surface area contributed by atoms with Gasteiger partial charge in [-0.05, 0) is 41.0 Å². The normalized spacial score (nSPS) is 21.4. The SMILES string of the molecule is C=CC[C@H]1CN(C(C)C)CN1C(=O)OC(C)(C)C. The molecule has 0 aromatic carbocycles. The molecule has 1 fully saturated rings. The van der Waals surface area contributed by atoms with Crippen molar-refractivity contribution in [3.63, 3.8) is 0 Å². The number of amides is 1. The third-order valence-electron chi connectivity index (χ3n) is 3.02. The molecule has 1 atom stereocenters. The van der Waals surface area contributed by atoms with Gasteiger partial charge in [-0.15, -0.1) is 6.58 Å². The molecular weight excluding hydrogens is 228 g/mol. The van der Waals surface area contributed by atoms with Gasteiger partial charge < -0.3 is 4.74 Å². The Morgan fingerprint density at radius 1 is 1.50 bits per heavy atom. The van der Waals surface area contributed by atoms with E-state index in [2.05, 4.69) is 25.3 Å². The summed E-state index contributed by atoms with van der Waals surface area (Å²) >= 11 is 0. The molecule has 4 nitrogen and oxygen atoms in total. The Hall–Kier alpha value is -1.03. The molecule has 0 saturated carbocycles. The number of nitrogens with zero attached hydrogens (tertiary/aromatic N) is 2. The zero-order valence-corrected chi connectivity index (χ0v) is 12.3. The fraction of sp³-hybridized carbons (Fsp3) is 0.786. The number of rotatable bonds is 3. The van der Waals surface area contributed by atoms with E-state index in [0.717, 1.165) is 13.0 Å². The molecule has 1 heterocycles. The van der Waals surface area contributed by atoms with Crippen LogP contribution in [0, 0.1) is 0 Å². The van der Waals surface area contributed by atoms with Crippen LogP contribution >= 0.6 is 0 Å². The molecule has 1 amide bonds. The maximum Gasteiger partial charge on any atom is 0.411 e. The van der Waals surface area contributed by atoms with Crippen LogP contribution in [-0.4, -0.2) is 46.8 Å². The lowest BCUT2D eigenvalue weighted by molar-refractivity contribution is 0.0201. The lowest BCUT2D eigenvalue weighted by Gasteiger charge is -2.27. The highest BCUT2D eigenvalue weighted by Crippen LogP contribution is 2.21. The minimum Gasteiger partial charge on any atom is -0.444 e. The lowest BCUT2D eigenvalue weighted by atomic mass is 10.2. The largest absolute Gasteiger partial charge is 0.444 e. The van der Waals surface area contributed by atoms with Crippen molar-refractivity contribution < 1.29 is 9.53 Å². The van der Waals surface area contributed by atoms with E-state index in [-0.39, 0.29) is 12.1 Å². The Balaban J connectivity index is 2.71. The molecule has 0 unspecified atom stereocenters. The molecule has 0 aromatic heterocycles. The van der Waals surface area contributed by atoms with Crippen LogP contribution in [0.4, 0.5) is 4.79 Å². The van der Waals surface area contributed by atoms with Crippen molar-refractivity contribution in [2.45, 2.75) is 58.7 Å². The number of carbonyl (C=O) groups excluding carboxylic acids is 1. The highest BCUT2D eigenvalue weighted by atomic mass is 16.6. The molecule has 1 aliphatic heterocycles. The molecule has 0 radical (unpaired) electrons. The van der Waals surface area contributed by atoms with Crippen molar-refractivity contribution in [1.82, 2.24) is 9.80 Å².